The van der Waals surface area contributed by atoms with Gasteiger partial charge < -0.3 is 98.8 Å². The van der Waals surface area contributed by atoms with Crippen LogP contribution in [0.4, 0.5) is 0 Å². The van der Waals surface area contributed by atoms with Crippen LogP contribution in [-0.2, 0) is 64.5 Å². The molecule has 29 heteroatoms. The molecule has 0 rings (SSSR count). The minimum atomic E-state index is -4.29. The number of hydrogen-bond acceptors (Lipinski definition) is 22. The standard InChI is InChI=1S/C67H157N7O15Si7/c1-24-68(25-2)54-47-61-90(75-38-15,76-39-16)84-92(79-42-19,63-49-56-70(28-5)29-6)86-94(81-44-21,65-51-58-72(32-9)33-10)88-96(83-46-23,67-53-60-74(36-13)37-14)89-95(82-45-22,66-52-59-73(34-11)35-12)87-93(80-43-20,64-50-57-71(30-7)31-8)85-91(77-40-17,78-41-18)62-48-55-69(26-3)27-4/h24-67H2,1-23H3. The summed E-state index contributed by atoms with van der Waals surface area (Å²) in [5.41, 5.74) is 0. The Hall–Kier alpha value is 0.638. The SMILES string of the molecule is CCO[Si](CCCN(CC)CC)(OCC)O[Si](CCCN(CC)CC)(OCC)O[Si](CCCN(CC)CC)(OCC)O[Si](CCCN(CC)CC)(OCC)O[Si](CCCN(CC)CC)(OCC)O[Si](CCCN(CC)CC)(OCC)O[Si](CCCN(CC)CC)(OCC)OCC. The lowest BCUT2D eigenvalue weighted by Gasteiger charge is -2.48. The summed E-state index contributed by atoms with van der Waals surface area (Å²) in [7, 11) is -28.1. The van der Waals surface area contributed by atoms with E-state index in [9.17, 15) is 0 Å². The van der Waals surface area contributed by atoms with Gasteiger partial charge in [-0.2, -0.15) is 0 Å². The molecule has 0 aliphatic rings. The minimum absolute atomic E-state index is 0.279. The maximum Gasteiger partial charge on any atom is 0.493 e. The van der Waals surface area contributed by atoms with Crippen LogP contribution in [-0.4, -0.2) is 293 Å². The quantitative estimate of drug-likeness (QED) is 0.0528. The van der Waals surface area contributed by atoms with E-state index >= 15 is 0 Å². The van der Waals surface area contributed by atoms with Crippen molar-refractivity contribution in [3.05, 3.63) is 0 Å². The molecule has 0 aromatic rings. The second-order valence-electron chi connectivity index (χ2n) is 24.2. The minimum Gasteiger partial charge on any atom is -0.375 e. The fourth-order valence-electron chi connectivity index (χ4n) is 12.7. The summed E-state index contributed by atoms with van der Waals surface area (Å²) in [4.78, 5) is 17.2. The first-order valence-corrected chi connectivity index (χ1v) is 52.8. The Kier molecular flexibility index (Phi) is 57.3. The Morgan fingerprint density at radius 3 is 0.375 bits per heavy atom. The van der Waals surface area contributed by atoms with E-state index in [0.717, 1.165) is 163 Å². The van der Waals surface area contributed by atoms with Crippen molar-refractivity contribution >= 4 is 61.6 Å². The van der Waals surface area contributed by atoms with E-state index in [4.69, 9.17) is 64.5 Å². The summed E-state index contributed by atoms with van der Waals surface area (Å²) in [5, 5.41) is 0. The fraction of sp³-hybridized carbons (Fsp3) is 1.00. The summed E-state index contributed by atoms with van der Waals surface area (Å²) >= 11 is 0. The maximum atomic E-state index is 8.40. The molecule has 4 unspecified atom stereocenters. The first-order chi connectivity index (χ1) is 46.2. The first kappa shape index (κ1) is 96.6. The molecule has 22 nitrogen and oxygen atoms in total. The van der Waals surface area contributed by atoms with Gasteiger partial charge in [-0.1, -0.05) is 96.9 Å². The van der Waals surface area contributed by atoms with E-state index in [2.05, 4.69) is 131 Å². The van der Waals surface area contributed by atoms with Gasteiger partial charge in [0.05, 0.1) is 0 Å². The molecule has 0 saturated carbocycles. The number of rotatable bonds is 72. The summed E-state index contributed by atoms with van der Waals surface area (Å²) in [6, 6.07) is 3.43. The van der Waals surface area contributed by atoms with Crippen LogP contribution >= 0.6 is 0 Å². The van der Waals surface area contributed by atoms with Crippen molar-refractivity contribution in [3.63, 3.8) is 0 Å². The molecule has 0 heterocycles. The van der Waals surface area contributed by atoms with E-state index in [1.165, 1.54) is 0 Å². The van der Waals surface area contributed by atoms with Crippen LogP contribution in [0.5, 0.6) is 0 Å². The molecular formula is C67H157N7O15Si7. The van der Waals surface area contributed by atoms with Gasteiger partial charge in [0.25, 0.3) is 0 Å². The van der Waals surface area contributed by atoms with Gasteiger partial charge in [-0.05, 0) is 245 Å². The molecule has 0 fully saturated rings. The molecule has 0 amide bonds. The fourth-order valence-corrected chi connectivity index (χ4v) is 44.5. The molecule has 0 bridgehead atoms. The highest BCUT2D eigenvalue weighted by Crippen LogP contribution is 2.41. The molecular weight excluding hydrogens is 1340 g/mol. The van der Waals surface area contributed by atoms with Crippen LogP contribution in [0.3, 0.4) is 0 Å². The predicted octanol–water partition coefficient (Wildman–Crippen LogP) is 13.1. The lowest BCUT2D eigenvalue weighted by Crippen LogP contribution is -2.71. The number of hydrogen-bond donors (Lipinski definition) is 0. The lowest BCUT2D eigenvalue weighted by atomic mass is 10.4. The summed E-state index contributed by atoms with van der Waals surface area (Å²) in [6.45, 7) is 71.2. The van der Waals surface area contributed by atoms with E-state index in [1.807, 2.05) is 62.3 Å². The molecule has 578 valence electrons. The Morgan fingerprint density at radius 1 is 0.156 bits per heavy atom. The van der Waals surface area contributed by atoms with Gasteiger partial charge in [0.15, 0.2) is 0 Å². The third-order valence-corrected chi connectivity index (χ3v) is 46.4. The van der Waals surface area contributed by atoms with Crippen LogP contribution in [0.25, 0.3) is 0 Å². The van der Waals surface area contributed by atoms with Gasteiger partial charge >= 0.3 is 61.6 Å². The third-order valence-electron chi connectivity index (χ3n) is 18.1. The van der Waals surface area contributed by atoms with Gasteiger partial charge in [-0.3, -0.25) is 0 Å². The molecule has 96 heavy (non-hydrogen) atoms. The first-order valence-electron chi connectivity index (χ1n) is 39.3. The van der Waals surface area contributed by atoms with Crippen LogP contribution in [0, 0.1) is 0 Å². The highest BCUT2D eigenvalue weighted by Gasteiger charge is 2.66. The Labute approximate surface area is 600 Å². The van der Waals surface area contributed by atoms with Gasteiger partial charge in [-0.25, -0.2) is 0 Å². The van der Waals surface area contributed by atoms with Gasteiger partial charge in [-0.15, -0.1) is 0 Å². The highest BCUT2D eigenvalue weighted by molar-refractivity contribution is 6.87. The third kappa shape index (κ3) is 37.1. The number of nitrogens with zero attached hydrogens (tertiary/aromatic N) is 7. The zero-order valence-corrected chi connectivity index (χ0v) is 73.9. The van der Waals surface area contributed by atoms with E-state index < -0.39 is 61.6 Å². The van der Waals surface area contributed by atoms with E-state index in [1.54, 1.807) is 0 Å². The van der Waals surface area contributed by atoms with Crippen LogP contribution in [0.2, 0.25) is 42.3 Å². The molecule has 0 aromatic heterocycles. The molecule has 0 saturated heterocycles. The van der Waals surface area contributed by atoms with Gasteiger partial charge in [0, 0.05) is 102 Å². The van der Waals surface area contributed by atoms with E-state index in [-0.39, 0.29) is 19.8 Å². The molecule has 4 atom stereocenters. The largest absolute Gasteiger partial charge is 0.493 e. The molecule has 0 N–H and O–H groups in total. The Balaban J connectivity index is 9.99. The molecule has 0 radical (unpaired) electrons. The van der Waals surface area contributed by atoms with Crippen molar-refractivity contribution < 1.29 is 64.5 Å². The zero-order chi connectivity index (χ0) is 72.3. The monoisotopic (exact) mass is 1500 g/mol. The topological polar surface area (TPSA) is 161 Å². The molecule has 0 spiro atoms. The smallest absolute Gasteiger partial charge is 0.375 e. The summed E-state index contributed by atoms with van der Waals surface area (Å²) in [6.07, 6.45) is 5.21. The molecule has 0 aliphatic heterocycles. The molecule has 0 aliphatic carbocycles. The van der Waals surface area contributed by atoms with Crippen molar-refractivity contribution in [2.24, 2.45) is 0 Å². The van der Waals surface area contributed by atoms with Crippen LogP contribution in [0.1, 0.15) is 204 Å². The lowest BCUT2D eigenvalue weighted by molar-refractivity contribution is 0.0267. The van der Waals surface area contributed by atoms with Crippen molar-refractivity contribution in [2.45, 2.75) is 247 Å². The van der Waals surface area contributed by atoms with Crippen molar-refractivity contribution in [1.29, 1.82) is 0 Å². The van der Waals surface area contributed by atoms with E-state index in [0.29, 0.717) is 101 Å². The van der Waals surface area contributed by atoms with Gasteiger partial charge in [0.1, 0.15) is 0 Å². The van der Waals surface area contributed by atoms with Crippen LogP contribution in [0.15, 0.2) is 0 Å². The Bertz CT molecular complexity index is 1660. The zero-order valence-electron chi connectivity index (χ0n) is 66.9. The second kappa shape index (κ2) is 57.0. The van der Waals surface area contributed by atoms with Crippen molar-refractivity contribution in [2.75, 3.05) is 197 Å². The maximum absolute atomic E-state index is 8.40. The Morgan fingerprint density at radius 2 is 0.260 bits per heavy atom. The predicted molar refractivity (Wildman–Crippen MR) is 412 cm³/mol. The van der Waals surface area contributed by atoms with Crippen molar-refractivity contribution in [3.8, 4) is 0 Å². The normalized spacial score (nSPS) is 16.1. The molecule has 0 aromatic carbocycles. The van der Waals surface area contributed by atoms with Gasteiger partial charge in [0.2, 0.25) is 0 Å². The summed E-state index contributed by atoms with van der Waals surface area (Å²) < 4.78 is 114. The average molecular weight is 1500 g/mol. The summed E-state index contributed by atoms with van der Waals surface area (Å²) in [5.74, 6) is 0. The highest BCUT2D eigenvalue weighted by atomic mass is 28.5. The van der Waals surface area contributed by atoms with Crippen molar-refractivity contribution in [1.82, 2.24) is 34.3 Å². The van der Waals surface area contributed by atoms with Crippen LogP contribution < -0.4 is 0 Å². The average Bonchev–Trinajstić information content (AvgIpc) is 0.767. The second-order valence-corrected chi connectivity index (χ2v) is 44.8.